The molecule has 0 amide bonds. The Bertz CT molecular complexity index is 690. The fourth-order valence-electron chi connectivity index (χ4n) is 3.35. The van der Waals surface area contributed by atoms with Gasteiger partial charge in [-0.25, -0.2) is 0 Å². The van der Waals surface area contributed by atoms with Crippen molar-refractivity contribution in [3.8, 4) is 0 Å². The molecule has 0 radical (unpaired) electrons. The zero-order valence-corrected chi connectivity index (χ0v) is 14.1. The second kappa shape index (κ2) is 5.52. The summed E-state index contributed by atoms with van der Waals surface area (Å²) in [5, 5.41) is 0. The molecule has 1 saturated carbocycles. The van der Waals surface area contributed by atoms with Gasteiger partial charge in [-0.2, -0.15) is 0 Å². The van der Waals surface area contributed by atoms with E-state index < -0.39 is 0 Å². The van der Waals surface area contributed by atoms with Crippen LogP contribution in [-0.4, -0.2) is 25.4 Å². The third-order valence-electron chi connectivity index (χ3n) is 5.01. The zero-order chi connectivity index (χ0) is 16.8. The van der Waals surface area contributed by atoms with Crippen molar-refractivity contribution in [1.82, 2.24) is 0 Å². The minimum atomic E-state index is -0.244. The second-order valence-electron chi connectivity index (χ2n) is 7.12. The van der Waals surface area contributed by atoms with Crippen molar-refractivity contribution in [3.05, 3.63) is 41.6 Å². The highest BCUT2D eigenvalue weighted by molar-refractivity contribution is 5.94. The first kappa shape index (κ1) is 15.8. The van der Waals surface area contributed by atoms with Crippen molar-refractivity contribution in [2.75, 3.05) is 18.6 Å². The van der Waals surface area contributed by atoms with Crippen molar-refractivity contribution >= 4 is 17.4 Å². The average Bonchev–Trinajstić information content (AvgIpc) is 3.22. The van der Waals surface area contributed by atoms with Gasteiger partial charge in [0.15, 0.2) is 12.4 Å². The maximum Gasteiger partial charge on any atom is 0.309 e. The predicted octanol–water partition coefficient (Wildman–Crippen LogP) is 3.07. The lowest BCUT2D eigenvalue weighted by atomic mass is 9.83. The molecule has 0 spiro atoms. The Hall–Kier alpha value is -2.10. The molecular weight excluding hydrogens is 290 g/mol. The number of carbonyl (C=O) groups excluding carboxylic acids is 2. The maximum atomic E-state index is 12.2. The Labute approximate surface area is 137 Å². The van der Waals surface area contributed by atoms with Crippen molar-refractivity contribution in [3.63, 3.8) is 0 Å². The van der Waals surface area contributed by atoms with Gasteiger partial charge in [0.05, 0.1) is 5.92 Å². The number of hydrogen-bond donors (Lipinski definition) is 0. The summed E-state index contributed by atoms with van der Waals surface area (Å²) < 4.78 is 5.14. The van der Waals surface area contributed by atoms with Crippen LogP contribution >= 0.6 is 0 Å². The smallest absolute Gasteiger partial charge is 0.309 e. The number of likely N-dealkylation sites (N-methyl/N-ethyl adjacent to an activating group) is 1. The lowest BCUT2D eigenvalue weighted by Crippen LogP contribution is -2.25. The molecule has 122 valence electrons. The van der Waals surface area contributed by atoms with Gasteiger partial charge in [-0.1, -0.05) is 39.0 Å². The number of nitrogens with zero attached hydrogens (tertiary/aromatic N) is 1. The third kappa shape index (κ3) is 2.78. The molecule has 1 fully saturated rings. The number of ketones is 1. The van der Waals surface area contributed by atoms with E-state index in [1.54, 1.807) is 6.08 Å². The molecule has 3 rings (SSSR count). The average molecular weight is 313 g/mol. The summed E-state index contributed by atoms with van der Waals surface area (Å²) in [5.74, 6) is -0.0309. The van der Waals surface area contributed by atoms with E-state index in [2.05, 4.69) is 26.0 Å². The van der Waals surface area contributed by atoms with Crippen LogP contribution in [0.1, 0.15) is 32.8 Å². The minimum absolute atomic E-state index is 0.00898. The van der Waals surface area contributed by atoms with Crippen LogP contribution in [0.4, 0.5) is 5.69 Å². The summed E-state index contributed by atoms with van der Waals surface area (Å²) in [7, 11) is 1.96. The number of ether oxygens (including phenoxy) is 1. The van der Waals surface area contributed by atoms with E-state index in [4.69, 9.17) is 4.74 Å². The molecule has 1 aromatic carbocycles. The van der Waals surface area contributed by atoms with Gasteiger partial charge in [-0.3, -0.25) is 9.59 Å². The summed E-state index contributed by atoms with van der Waals surface area (Å²) in [5.41, 5.74) is 3.00. The lowest BCUT2D eigenvalue weighted by Gasteiger charge is -2.23. The number of rotatable bonds is 4. The van der Waals surface area contributed by atoms with Gasteiger partial charge in [0.1, 0.15) is 0 Å². The monoisotopic (exact) mass is 313 g/mol. The Kier molecular flexibility index (Phi) is 3.78. The second-order valence-corrected chi connectivity index (χ2v) is 7.12. The van der Waals surface area contributed by atoms with E-state index in [-0.39, 0.29) is 29.7 Å². The van der Waals surface area contributed by atoms with E-state index in [1.807, 2.05) is 31.0 Å². The number of fused-ring (bicyclic) bond motifs is 1. The number of hydrogen-bond acceptors (Lipinski definition) is 4. The summed E-state index contributed by atoms with van der Waals surface area (Å²) in [4.78, 5) is 26.0. The SMILES string of the molecule is C[C@@H]1C[C@@H]1C(=O)OCC(=O)/C=C1/N(C)c2ccccc2C1(C)C. The van der Waals surface area contributed by atoms with Crippen LogP contribution < -0.4 is 4.90 Å². The van der Waals surface area contributed by atoms with E-state index in [0.717, 1.165) is 17.8 Å². The molecule has 1 aromatic rings. The first-order valence-electron chi connectivity index (χ1n) is 8.07. The number of anilines is 1. The summed E-state index contributed by atoms with van der Waals surface area (Å²) in [6.07, 6.45) is 2.49. The lowest BCUT2D eigenvalue weighted by molar-refractivity contribution is -0.148. The molecule has 4 nitrogen and oxygen atoms in total. The van der Waals surface area contributed by atoms with Gasteiger partial charge in [0.2, 0.25) is 0 Å². The Morgan fingerprint density at radius 2 is 2.00 bits per heavy atom. The van der Waals surface area contributed by atoms with E-state index >= 15 is 0 Å². The molecule has 0 bridgehead atoms. The summed E-state index contributed by atoms with van der Waals surface area (Å²) in [6, 6.07) is 8.15. The van der Waals surface area contributed by atoms with Crippen LogP contribution in [0.2, 0.25) is 0 Å². The molecule has 0 N–H and O–H groups in total. The molecule has 4 heteroatoms. The van der Waals surface area contributed by atoms with Crippen LogP contribution in [0, 0.1) is 11.8 Å². The van der Waals surface area contributed by atoms with Crippen LogP contribution in [-0.2, 0) is 19.7 Å². The molecule has 1 aliphatic carbocycles. The van der Waals surface area contributed by atoms with Crippen molar-refractivity contribution < 1.29 is 14.3 Å². The first-order chi connectivity index (χ1) is 10.8. The maximum absolute atomic E-state index is 12.2. The largest absolute Gasteiger partial charge is 0.457 e. The highest BCUT2D eigenvalue weighted by Gasteiger charge is 2.41. The molecule has 23 heavy (non-hydrogen) atoms. The molecule has 1 aliphatic heterocycles. The fraction of sp³-hybridized carbons (Fsp3) is 0.474. The number of carbonyl (C=O) groups is 2. The standard InChI is InChI=1S/C19H23NO3/c1-12-9-14(12)18(22)23-11-13(21)10-17-19(2,3)15-7-5-6-8-16(15)20(17)4/h5-8,10,12,14H,9,11H2,1-4H3/b17-10+/t12-,14+/m1/s1. The molecule has 0 unspecified atom stereocenters. The van der Waals surface area contributed by atoms with Crippen LogP contribution in [0.15, 0.2) is 36.0 Å². The summed E-state index contributed by atoms with van der Waals surface area (Å²) >= 11 is 0. The predicted molar refractivity (Wildman–Crippen MR) is 89.2 cm³/mol. The van der Waals surface area contributed by atoms with E-state index in [9.17, 15) is 9.59 Å². The number of para-hydroxylation sites is 1. The normalized spacial score (nSPS) is 26.1. The molecule has 1 heterocycles. The molecule has 0 saturated heterocycles. The zero-order valence-electron chi connectivity index (χ0n) is 14.1. The molecule has 2 atom stereocenters. The Balaban J connectivity index is 1.72. The van der Waals surface area contributed by atoms with E-state index in [1.165, 1.54) is 5.56 Å². The molecular formula is C19H23NO3. The van der Waals surface area contributed by atoms with Crippen LogP contribution in [0.3, 0.4) is 0 Å². The molecule has 2 aliphatic rings. The fourth-order valence-corrected chi connectivity index (χ4v) is 3.35. The third-order valence-corrected chi connectivity index (χ3v) is 5.01. The Morgan fingerprint density at radius 1 is 1.35 bits per heavy atom. The van der Waals surface area contributed by atoms with Crippen molar-refractivity contribution in [2.45, 2.75) is 32.6 Å². The van der Waals surface area contributed by atoms with Gasteiger partial charge in [0.25, 0.3) is 0 Å². The van der Waals surface area contributed by atoms with Crippen molar-refractivity contribution in [1.29, 1.82) is 0 Å². The van der Waals surface area contributed by atoms with Gasteiger partial charge < -0.3 is 9.64 Å². The number of benzene rings is 1. The van der Waals surface area contributed by atoms with E-state index in [0.29, 0.717) is 5.92 Å². The number of esters is 1. The van der Waals surface area contributed by atoms with Crippen molar-refractivity contribution in [2.24, 2.45) is 11.8 Å². The van der Waals surface area contributed by atoms with Crippen LogP contribution in [0.25, 0.3) is 0 Å². The molecule has 0 aromatic heterocycles. The minimum Gasteiger partial charge on any atom is -0.457 e. The quantitative estimate of drug-likeness (QED) is 0.633. The number of allylic oxidation sites excluding steroid dienone is 1. The van der Waals surface area contributed by atoms with Crippen LogP contribution in [0.5, 0.6) is 0 Å². The Morgan fingerprint density at radius 3 is 2.61 bits per heavy atom. The van der Waals surface area contributed by atoms with Gasteiger partial charge in [-0.05, 0) is 24.0 Å². The highest BCUT2D eigenvalue weighted by Crippen LogP contribution is 2.46. The van der Waals surface area contributed by atoms with Gasteiger partial charge >= 0.3 is 5.97 Å². The topological polar surface area (TPSA) is 46.6 Å². The highest BCUT2D eigenvalue weighted by atomic mass is 16.5. The van der Waals surface area contributed by atoms with Gasteiger partial charge in [-0.15, -0.1) is 0 Å². The summed E-state index contributed by atoms with van der Waals surface area (Å²) in [6.45, 7) is 6.05. The van der Waals surface area contributed by atoms with Gasteiger partial charge in [0, 0.05) is 29.9 Å². The first-order valence-corrected chi connectivity index (χ1v) is 8.07.